The molecule has 0 aliphatic rings. The Morgan fingerprint density at radius 2 is 0.449 bits per heavy atom. The van der Waals surface area contributed by atoms with E-state index in [0.717, 1.165) is 67.2 Å². The van der Waals surface area contributed by atoms with Crippen LogP contribution in [0.1, 0.15) is 33.4 Å². The maximum absolute atomic E-state index is 2.45. The van der Waals surface area contributed by atoms with Crippen LogP contribution in [0.15, 0.2) is 201 Å². The van der Waals surface area contributed by atoms with Gasteiger partial charge in [0.25, 0.3) is 19.0 Å². The van der Waals surface area contributed by atoms with E-state index < -0.39 is 0 Å². The quantitative estimate of drug-likeness (QED) is 0.117. The zero-order valence-electron chi connectivity index (χ0n) is 39.7. The van der Waals surface area contributed by atoms with E-state index in [4.69, 9.17) is 0 Å². The van der Waals surface area contributed by atoms with Gasteiger partial charge in [0.2, 0.25) is 0 Å². The Morgan fingerprint density at radius 1 is 0.246 bits per heavy atom. The third-order valence-electron chi connectivity index (χ3n) is 14.3. The summed E-state index contributed by atoms with van der Waals surface area (Å²) in [7, 11) is 0. The molecule has 6 heteroatoms. The summed E-state index contributed by atoms with van der Waals surface area (Å²) >= 11 is 0. The van der Waals surface area contributed by atoms with Crippen molar-refractivity contribution in [3.05, 3.63) is 234 Å². The van der Waals surface area contributed by atoms with Crippen LogP contribution in [-0.4, -0.2) is 13.7 Å². The molecule has 0 bridgehead atoms. The van der Waals surface area contributed by atoms with E-state index >= 15 is 0 Å². The normalized spacial score (nSPS) is 11.9. The number of aryl methyl sites for hydroxylation is 6. The fourth-order valence-corrected chi connectivity index (χ4v) is 10.4. The fraction of sp³-hybridized carbons (Fsp3) is 0.0952. The van der Waals surface area contributed by atoms with E-state index in [0.29, 0.717) is 0 Å². The van der Waals surface area contributed by atoms with E-state index in [2.05, 4.69) is 270 Å². The van der Waals surface area contributed by atoms with Gasteiger partial charge >= 0.3 is 0 Å². The van der Waals surface area contributed by atoms with E-state index in [9.17, 15) is 0 Å². The maximum atomic E-state index is 2.45. The molecule has 0 unspecified atom stereocenters. The molecule has 0 saturated carbocycles. The van der Waals surface area contributed by atoms with Crippen molar-refractivity contribution in [3.63, 3.8) is 0 Å². The van der Waals surface area contributed by atoms with Crippen molar-refractivity contribution in [1.29, 1.82) is 0 Å². The lowest BCUT2D eigenvalue weighted by molar-refractivity contribution is -0.568. The third-order valence-corrected chi connectivity index (χ3v) is 14.3. The van der Waals surface area contributed by atoms with Gasteiger partial charge in [0, 0.05) is 0 Å². The molecule has 6 nitrogen and oxygen atoms in total. The topological polar surface area (TPSA) is 26.4 Å². The van der Waals surface area contributed by atoms with Crippen LogP contribution >= 0.6 is 0 Å². The van der Waals surface area contributed by atoms with E-state index in [-0.39, 0.29) is 0 Å². The lowest BCUT2D eigenvalue weighted by Crippen LogP contribution is -2.29. The van der Waals surface area contributed by atoms with Crippen molar-refractivity contribution in [2.75, 3.05) is 0 Å². The minimum Gasteiger partial charge on any atom is -0.195 e. The summed E-state index contributed by atoms with van der Waals surface area (Å²) in [5.74, 6) is 0. The molecule has 330 valence electrons. The molecule has 13 aromatic rings. The van der Waals surface area contributed by atoms with Crippen molar-refractivity contribution in [2.45, 2.75) is 41.5 Å². The summed E-state index contributed by atoms with van der Waals surface area (Å²) in [5, 5.41) is 7.21. The predicted octanol–water partition coefficient (Wildman–Crippen LogP) is 13.7. The first kappa shape index (κ1) is 40.6. The Kier molecular flexibility index (Phi) is 9.12. The zero-order chi connectivity index (χ0) is 46.7. The second-order valence-electron chi connectivity index (χ2n) is 19.2. The molecule has 0 aliphatic carbocycles. The monoisotopic (exact) mass is 891 g/mol. The molecular weight excluding hydrogens is 841 g/mol. The fourth-order valence-electron chi connectivity index (χ4n) is 10.4. The number of benzene rings is 10. The number of aromatic nitrogens is 6. The molecule has 3 aromatic heterocycles. The van der Waals surface area contributed by atoms with Crippen LogP contribution < -0.4 is 13.7 Å². The number of rotatable bonds is 6. The lowest BCUT2D eigenvalue weighted by atomic mass is 9.92. The van der Waals surface area contributed by atoms with Crippen molar-refractivity contribution in [3.8, 4) is 34.1 Å². The van der Waals surface area contributed by atoms with Gasteiger partial charge in [0.05, 0.1) is 0 Å². The summed E-state index contributed by atoms with van der Waals surface area (Å²) in [5.41, 5.74) is 20.9. The van der Waals surface area contributed by atoms with E-state index in [1.54, 1.807) is 0 Å². The molecule has 0 aliphatic heterocycles. The van der Waals surface area contributed by atoms with Gasteiger partial charge in [-0.1, -0.05) is 106 Å². The highest BCUT2D eigenvalue weighted by molar-refractivity contribution is 6.29. The van der Waals surface area contributed by atoms with Crippen LogP contribution in [-0.2, 0) is 0 Å². The Balaban J connectivity index is 1.22. The van der Waals surface area contributed by atoms with Crippen molar-refractivity contribution >= 4 is 65.4 Å². The van der Waals surface area contributed by atoms with E-state index in [1.165, 1.54) is 65.7 Å². The van der Waals surface area contributed by atoms with E-state index in [1.807, 2.05) is 0 Å². The molecule has 3 heterocycles. The minimum atomic E-state index is 1.12. The second kappa shape index (κ2) is 15.5. The first-order valence-corrected chi connectivity index (χ1v) is 23.9. The average molecular weight is 892 g/mol. The lowest BCUT2D eigenvalue weighted by Gasteiger charge is -2.11. The summed E-state index contributed by atoms with van der Waals surface area (Å²) in [6, 6.07) is 68.0. The largest absolute Gasteiger partial charge is 0.255 e. The number of fused-ring (bicyclic) bond motifs is 9. The molecule has 0 spiro atoms. The van der Waals surface area contributed by atoms with Crippen LogP contribution in [0.5, 0.6) is 0 Å². The SMILES string of the molecule is Cc1ccc(-n2c[n+](-c3ccc(C)cc3)c3cc4c(cc32)c2cc3c(cc2c2cc5c(cc42)n(-c2ccc(C)cc2)c[n+]5-c2ccc(C)cc2)n(-c2ccc(C)cc2)c[n+]3-c2ccc(C)cc2)cc1. The van der Waals surface area contributed by atoms with Crippen LogP contribution in [0.3, 0.4) is 0 Å². The number of imidazole rings is 3. The first-order chi connectivity index (χ1) is 33.6. The zero-order valence-corrected chi connectivity index (χ0v) is 39.7. The van der Waals surface area contributed by atoms with Gasteiger partial charge in [-0.25, -0.2) is 0 Å². The first-order valence-electron chi connectivity index (χ1n) is 23.9. The molecule has 0 saturated heterocycles. The average Bonchev–Trinajstić information content (AvgIpc) is 4.06. The van der Waals surface area contributed by atoms with Crippen LogP contribution in [0, 0.1) is 41.5 Å². The number of hydrogen-bond acceptors (Lipinski definition) is 0. The molecule has 0 radical (unpaired) electrons. The molecule has 13 rings (SSSR count). The molecule has 0 amide bonds. The highest BCUT2D eigenvalue weighted by atomic mass is 15.2. The summed E-state index contributed by atoms with van der Waals surface area (Å²) in [6.45, 7) is 12.9. The maximum Gasteiger partial charge on any atom is 0.255 e. The predicted molar refractivity (Wildman–Crippen MR) is 282 cm³/mol. The highest BCUT2D eigenvalue weighted by Crippen LogP contribution is 2.41. The summed E-state index contributed by atoms with van der Waals surface area (Å²) < 4.78 is 14.2. The van der Waals surface area contributed by atoms with Gasteiger partial charge in [0.15, 0.2) is 33.1 Å². The van der Waals surface area contributed by atoms with Gasteiger partial charge in [-0.3, -0.25) is 0 Å². The second-order valence-corrected chi connectivity index (χ2v) is 19.2. The molecule has 69 heavy (non-hydrogen) atoms. The Labute approximate surface area is 401 Å². The molecular formula is C63H51N6+3. The Morgan fingerprint density at radius 3 is 0.681 bits per heavy atom. The van der Waals surface area contributed by atoms with Crippen molar-refractivity contribution in [1.82, 2.24) is 13.7 Å². The van der Waals surface area contributed by atoms with Crippen LogP contribution in [0.2, 0.25) is 0 Å². The molecule has 0 N–H and O–H groups in total. The van der Waals surface area contributed by atoms with Gasteiger partial charge in [-0.2, -0.15) is 27.4 Å². The minimum absolute atomic E-state index is 1.12. The molecule has 0 fully saturated rings. The highest BCUT2D eigenvalue weighted by Gasteiger charge is 2.28. The van der Waals surface area contributed by atoms with Crippen LogP contribution in [0.4, 0.5) is 0 Å². The van der Waals surface area contributed by atoms with Crippen molar-refractivity contribution < 1.29 is 13.7 Å². The number of hydrogen-bond donors (Lipinski definition) is 0. The molecule has 0 atom stereocenters. The van der Waals surface area contributed by atoms with Crippen molar-refractivity contribution in [2.24, 2.45) is 0 Å². The van der Waals surface area contributed by atoms with Gasteiger partial charge in [-0.05, 0) is 183 Å². The smallest absolute Gasteiger partial charge is 0.195 e. The Hall–Kier alpha value is -8.61. The van der Waals surface area contributed by atoms with Gasteiger partial charge in [0.1, 0.15) is 34.1 Å². The Bertz CT molecular complexity index is 3440. The third kappa shape index (κ3) is 6.66. The summed E-state index contributed by atoms with van der Waals surface area (Å²) in [6.07, 6.45) is 6.79. The molecule has 10 aromatic carbocycles. The summed E-state index contributed by atoms with van der Waals surface area (Å²) in [4.78, 5) is 0. The number of nitrogens with zero attached hydrogens (tertiary/aromatic N) is 6. The standard InChI is InChI=1S/C63H51N6/c1-40-7-19-46(20-8-40)64-37-65(47-21-9-41(2)10-22-47)59-32-53-52(31-58(59)64)54-33-60-62(68(50-27-15-44(5)16-28-50)38-66(60)48-23-11-42(3)12-24-48)35-56(54)57-36-63-61(34-55(53)57)67(49-25-13-43(4)14-26-49)39-69(63)51-29-17-45(6)18-30-51/h7-39H,1-6H3/q+3. The van der Waals surface area contributed by atoms with Crippen LogP contribution in [0.25, 0.3) is 99.5 Å². The van der Waals surface area contributed by atoms with Gasteiger partial charge < -0.3 is 0 Å². The van der Waals surface area contributed by atoms with Gasteiger partial charge in [-0.15, -0.1) is 0 Å².